The van der Waals surface area contributed by atoms with E-state index in [1.165, 1.54) is 17.7 Å². The molecule has 1 N–H and O–H groups in total. The van der Waals surface area contributed by atoms with Crippen LogP contribution in [0.3, 0.4) is 0 Å². The van der Waals surface area contributed by atoms with E-state index in [0.29, 0.717) is 0 Å². The maximum absolute atomic E-state index is 12.9. The van der Waals surface area contributed by atoms with Gasteiger partial charge in [-0.25, -0.2) is 4.39 Å². The molecule has 21 heavy (non-hydrogen) atoms. The number of hydrogen-bond acceptors (Lipinski definition) is 2. The molecule has 1 aliphatic rings. The van der Waals surface area contributed by atoms with Gasteiger partial charge in [0, 0.05) is 5.56 Å². The molecule has 2 aromatic rings. The van der Waals surface area contributed by atoms with E-state index in [2.05, 4.69) is 25.2 Å². The van der Waals surface area contributed by atoms with Gasteiger partial charge in [-0.05, 0) is 50.6 Å². The Morgan fingerprint density at radius 1 is 1.10 bits per heavy atom. The van der Waals surface area contributed by atoms with E-state index in [1.54, 1.807) is 0 Å². The van der Waals surface area contributed by atoms with E-state index < -0.39 is 0 Å². The van der Waals surface area contributed by atoms with Gasteiger partial charge in [0.2, 0.25) is 0 Å². The zero-order valence-corrected chi connectivity index (χ0v) is 12.4. The van der Waals surface area contributed by atoms with Crippen LogP contribution in [0.15, 0.2) is 48.5 Å². The average Bonchev–Trinajstić information content (AvgIpc) is 2.71. The second kappa shape index (κ2) is 5.49. The Labute approximate surface area is 125 Å². The zero-order valence-electron chi connectivity index (χ0n) is 12.4. The molecule has 0 radical (unpaired) electrons. The average molecular weight is 285 g/mol. The number of para-hydroxylation sites is 1. The summed E-state index contributed by atoms with van der Waals surface area (Å²) in [6.07, 6.45) is 0.870. The van der Waals surface area contributed by atoms with Crippen molar-refractivity contribution in [1.82, 2.24) is 5.32 Å². The summed E-state index contributed by atoms with van der Waals surface area (Å²) in [5.41, 5.74) is 2.09. The first-order valence-electron chi connectivity index (χ1n) is 7.32. The molecule has 0 saturated carbocycles. The second-order valence-electron chi connectivity index (χ2n) is 6.01. The van der Waals surface area contributed by atoms with Crippen LogP contribution in [-0.2, 0) is 6.42 Å². The van der Waals surface area contributed by atoms with Crippen LogP contribution in [-0.4, -0.2) is 12.1 Å². The monoisotopic (exact) mass is 285 g/mol. The first-order chi connectivity index (χ1) is 10.1. The Hall–Kier alpha value is -1.87. The van der Waals surface area contributed by atoms with Crippen molar-refractivity contribution in [2.75, 3.05) is 6.54 Å². The molecule has 1 atom stereocenters. The normalized spacial score (nSPS) is 19.1. The molecule has 0 bridgehead atoms. The van der Waals surface area contributed by atoms with Gasteiger partial charge < -0.3 is 10.1 Å². The lowest BCUT2D eigenvalue weighted by Gasteiger charge is -2.27. The van der Waals surface area contributed by atoms with Gasteiger partial charge in [-0.15, -0.1) is 0 Å². The van der Waals surface area contributed by atoms with Gasteiger partial charge in [-0.3, -0.25) is 0 Å². The summed E-state index contributed by atoms with van der Waals surface area (Å²) in [5.74, 6) is 0.771. The van der Waals surface area contributed by atoms with Crippen LogP contribution >= 0.6 is 0 Å². The van der Waals surface area contributed by atoms with Gasteiger partial charge in [0.25, 0.3) is 0 Å². The first kappa shape index (κ1) is 14.1. The van der Waals surface area contributed by atoms with E-state index >= 15 is 0 Å². The predicted molar refractivity (Wildman–Crippen MR) is 82.0 cm³/mol. The van der Waals surface area contributed by atoms with Crippen molar-refractivity contribution in [3.05, 3.63) is 65.5 Å². The molecule has 3 rings (SSSR count). The van der Waals surface area contributed by atoms with Crippen LogP contribution < -0.4 is 10.1 Å². The number of fused-ring (bicyclic) bond motifs is 1. The van der Waals surface area contributed by atoms with Gasteiger partial charge in [0.05, 0.1) is 6.04 Å². The number of hydrogen-bond donors (Lipinski definition) is 1. The number of halogens is 1. The maximum atomic E-state index is 12.9. The highest BCUT2D eigenvalue weighted by atomic mass is 19.1. The number of nitrogens with one attached hydrogen (secondary N) is 1. The Morgan fingerprint density at radius 3 is 2.57 bits per heavy atom. The molecule has 2 aromatic carbocycles. The fourth-order valence-corrected chi connectivity index (χ4v) is 2.90. The van der Waals surface area contributed by atoms with E-state index in [1.807, 2.05) is 30.3 Å². The van der Waals surface area contributed by atoms with Gasteiger partial charge in [0.1, 0.15) is 17.2 Å². The van der Waals surface area contributed by atoms with Crippen LogP contribution in [0.4, 0.5) is 4.39 Å². The fraction of sp³-hybridized carbons (Fsp3) is 0.333. The van der Waals surface area contributed by atoms with Crippen molar-refractivity contribution < 1.29 is 9.13 Å². The minimum absolute atomic E-state index is 0.175. The van der Waals surface area contributed by atoms with Crippen molar-refractivity contribution in [3.63, 3.8) is 0 Å². The Kier molecular flexibility index (Phi) is 3.68. The van der Waals surface area contributed by atoms with Gasteiger partial charge in [-0.1, -0.05) is 30.3 Å². The van der Waals surface area contributed by atoms with E-state index in [9.17, 15) is 4.39 Å². The van der Waals surface area contributed by atoms with E-state index in [0.717, 1.165) is 24.3 Å². The Bertz CT molecular complexity index is 621. The molecular weight excluding hydrogens is 265 g/mol. The van der Waals surface area contributed by atoms with Gasteiger partial charge in [0.15, 0.2) is 0 Å². The predicted octanol–water partition coefficient (Wildman–Crippen LogP) is 3.87. The fourth-order valence-electron chi connectivity index (χ4n) is 2.90. The largest absolute Gasteiger partial charge is 0.486 e. The second-order valence-corrected chi connectivity index (χ2v) is 6.01. The lowest BCUT2D eigenvalue weighted by atomic mass is 9.94. The summed E-state index contributed by atoms with van der Waals surface area (Å²) in [5, 5.41) is 3.57. The molecule has 0 spiro atoms. The highest BCUT2D eigenvalue weighted by Gasteiger charge is 2.40. The third-order valence-corrected chi connectivity index (χ3v) is 3.97. The third kappa shape index (κ3) is 2.93. The first-order valence-corrected chi connectivity index (χ1v) is 7.32. The molecule has 1 aliphatic heterocycles. The van der Waals surface area contributed by atoms with Crippen molar-refractivity contribution in [2.45, 2.75) is 31.9 Å². The minimum atomic E-state index is -0.257. The van der Waals surface area contributed by atoms with Crippen molar-refractivity contribution in [1.29, 1.82) is 0 Å². The molecule has 0 aromatic heterocycles. The van der Waals surface area contributed by atoms with Crippen LogP contribution in [0.1, 0.15) is 31.0 Å². The summed E-state index contributed by atoms with van der Waals surface area (Å²) in [6, 6.07) is 15.0. The molecule has 0 amide bonds. The SMILES string of the molecule is CC1(C)Oc2ccccc2C1NCCc1ccc(F)cc1. The molecule has 1 heterocycles. The molecule has 3 heteroatoms. The summed E-state index contributed by atoms with van der Waals surface area (Å²) >= 11 is 0. The topological polar surface area (TPSA) is 21.3 Å². The lowest BCUT2D eigenvalue weighted by molar-refractivity contribution is 0.0968. The number of benzene rings is 2. The summed E-state index contributed by atoms with van der Waals surface area (Å²) < 4.78 is 18.9. The lowest BCUT2D eigenvalue weighted by Crippen LogP contribution is -2.39. The number of rotatable bonds is 4. The Balaban J connectivity index is 1.66. The smallest absolute Gasteiger partial charge is 0.125 e. The zero-order chi connectivity index (χ0) is 14.9. The highest BCUT2D eigenvalue weighted by Crippen LogP contribution is 2.42. The summed E-state index contributed by atoms with van der Waals surface area (Å²) in [7, 11) is 0. The van der Waals surface area contributed by atoms with Crippen molar-refractivity contribution in [3.8, 4) is 5.75 Å². The van der Waals surface area contributed by atoms with Crippen LogP contribution in [0.2, 0.25) is 0 Å². The Morgan fingerprint density at radius 2 is 1.81 bits per heavy atom. The highest BCUT2D eigenvalue weighted by molar-refractivity contribution is 5.42. The maximum Gasteiger partial charge on any atom is 0.125 e. The molecule has 2 nitrogen and oxygen atoms in total. The molecule has 0 aliphatic carbocycles. The van der Waals surface area contributed by atoms with Crippen LogP contribution in [0.25, 0.3) is 0 Å². The molecule has 1 unspecified atom stereocenters. The van der Waals surface area contributed by atoms with E-state index in [4.69, 9.17) is 4.74 Å². The van der Waals surface area contributed by atoms with Crippen LogP contribution in [0, 0.1) is 5.82 Å². The summed E-state index contributed by atoms with van der Waals surface area (Å²) in [4.78, 5) is 0. The summed E-state index contributed by atoms with van der Waals surface area (Å²) in [6.45, 7) is 5.03. The van der Waals surface area contributed by atoms with Gasteiger partial charge >= 0.3 is 0 Å². The minimum Gasteiger partial charge on any atom is -0.486 e. The molecular formula is C18H20FNO. The standard InChI is InChI=1S/C18H20FNO/c1-18(2)17(15-5-3-4-6-16(15)21-18)20-12-11-13-7-9-14(19)10-8-13/h3-10,17,20H,11-12H2,1-2H3. The molecule has 0 fully saturated rings. The quantitative estimate of drug-likeness (QED) is 0.920. The van der Waals surface area contributed by atoms with E-state index in [-0.39, 0.29) is 17.5 Å². The van der Waals surface area contributed by atoms with Crippen molar-refractivity contribution in [2.24, 2.45) is 0 Å². The third-order valence-electron chi connectivity index (χ3n) is 3.97. The van der Waals surface area contributed by atoms with Crippen molar-refractivity contribution >= 4 is 0 Å². The van der Waals surface area contributed by atoms with Crippen LogP contribution in [0.5, 0.6) is 5.75 Å². The molecule has 0 saturated heterocycles. The van der Waals surface area contributed by atoms with Gasteiger partial charge in [-0.2, -0.15) is 0 Å². The number of ether oxygens (including phenoxy) is 1. The molecule has 110 valence electrons.